The summed E-state index contributed by atoms with van der Waals surface area (Å²) >= 11 is 2.83. The van der Waals surface area contributed by atoms with Crippen LogP contribution in [0.3, 0.4) is 0 Å². The SMILES string of the molecule is Cc1ccc(-c2nc(NC(=O)c3scnc3C)sc2C)cc1. The predicted molar refractivity (Wildman–Crippen MR) is 91.8 cm³/mol. The lowest BCUT2D eigenvalue weighted by atomic mass is 10.1. The van der Waals surface area contributed by atoms with Crippen molar-refractivity contribution in [3.05, 3.63) is 50.8 Å². The van der Waals surface area contributed by atoms with Crippen LogP contribution >= 0.6 is 22.7 Å². The van der Waals surface area contributed by atoms with Gasteiger partial charge in [0.05, 0.1) is 16.9 Å². The molecule has 0 saturated heterocycles. The number of nitrogens with one attached hydrogen (secondary N) is 1. The third-order valence-corrected chi connectivity index (χ3v) is 5.11. The van der Waals surface area contributed by atoms with Gasteiger partial charge in [-0.15, -0.1) is 22.7 Å². The van der Waals surface area contributed by atoms with Crippen LogP contribution in [0.4, 0.5) is 5.13 Å². The first-order chi connectivity index (χ1) is 10.5. The predicted octanol–water partition coefficient (Wildman–Crippen LogP) is 4.44. The van der Waals surface area contributed by atoms with E-state index in [1.54, 1.807) is 5.51 Å². The van der Waals surface area contributed by atoms with E-state index >= 15 is 0 Å². The molecule has 0 saturated carbocycles. The molecule has 2 aromatic heterocycles. The smallest absolute Gasteiger partial charge is 0.269 e. The Morgan fingerprint density at radius 2 is 1.86 bits per heavy atom. The molecule has 1 N–H and O–H groups in total. The van der Waals surface area contributed by atoms with Crippen molar-refractivity contribution in [2.45, 2.75) is 20.8 Å². The Bertz CT molecular complexity index is 818. The summed E-state index contributed by atoms with van der Waals surface area (Å²) in [6.07, 6.45) is 0. The van der Waals surface area contributed by atoms with Crippen LogP contribution in [0, 0.1) is 20.8 Å². The van der Waals surface area contributed by atoms with E-state index in [4.69, 9.17) is 0 Å². The van der Waals surface area contributed by atoms with Crippen molar-refractivity contribution < 1.29 is 4.79 Å². The maximum atomic E-state index is 12.2. The molecule has 6 heteroatoms. The van der Waals surface area contributed by atoms with E-state index in [1.165, 1.54) is 28.2 Å². The van der Waals surface area contributed by atoms with Crippen LogP contribution in [0.1, 0.15) is 25.8 Å². The summed E-state index contributed by atoms with van der Waals surface area (Å²) in [4.78, 5) is 22.6. The molecule has 1 amide bonds. The standard InChI is InChI=1S/C16H15N3OS2/c1-9-4-6-12(7-5-9)13-11(3)22-16(18-13)19-15(20)14-10(2)17-8-21-14/h4-8H,1-3H3,(H,18,19,20). The third kappa shape index (κ3) is 2.93. The molecule has 0 fully saturated rings. The molecule has 3 rings (SSSR count). The average molecular weight is 329 g/mol. The molecular weight excluding hydrogens is 314 g/mol. The number of carbonyl (C=O) groups excluding carboxylic acids is 1. The van der Waals surface area contributed by atoms with Gasteiger partial charge in [0, 0.05) is 10.4 Å². The van der Waals surface area contributed by atoms with Crippen LogP contribution in [0.2, 0.25) is 0 Å². The van der Waals surface area contributed by atoms with Crippen molar-refractivity contribution in [1.29, 1.82) is 0 Å². The normalized spacial score (nSPS) is 10.7. The first-order valence-electron chi connectivity index (χ1n) is 6.80. The van der Waals surface area contributed by atoms with Crippen molar-refractivity contribution in [2.75, 3.05) is 5.32 Å². The molecule has 2 heterocycles. The first kappa shape index (κ1) is 14.9. The number of nitrogens with zero attached hydrogens (tertiary/aromatic N) is 2. The van der Waals surface area contributed by atoms with Crippen molar-refractivity contribution in [3.63, 3.8) is 0 Å². The van der Waals surface area contributed by atoms with Crippen molar-refractivity contribution >= 4 is 33.7 Å². The highest BCUT2D eigenvalue weighted by Crippen LogP contribution is 2.31. The summed E-state index contributed by atoms with van der Waals surface area (Å²) in [5, 5.41) is 3.48. The summed E-state index contributed by atoms with van der Waals surface area (Å²) in [6, 6.07) is 8.23. The number of amides is 1. The molecule has 112 valence electrons. The number of rotatable bonds is 3. The van der Waals surface area contributed by atoms with E-state index in [0.717, 1.165) is 21.8 Å². The third-order valence-electron chi connectivity index (χ3n) is 3.29. The lowest BCUT2D eigenvalue weighted by Gasteiger charge is -2.00. The number of aryl methyl sites for hydroxylation is 3. The largest absolute Gasteiger partial charge is 0.297 e. The van der Waals surface area contributed by atoms with Gasteiger partial charge in [-0.2, -0.15) is 0 Å². The molecule has 0 atom stereocenters. The second-order valence-corrected chi connectivity index (χ2v) is 7.07. The fourth-order valence-electron chi connectivity index (χ4n) is 2.10. The number of hydrogen-bond acceptors (Lipinski definition) is 5. The number of hydrogen-bond donors (Lipinski definition) is 1. The monoisotopic (exact) mass is 329 g/mol. The lowest BCUT2D eigenvalue weighted by molar-refractivity contribution is 0.103. The quantitative estimate of drug-likeness (QED) is 0.772. The molecule has 0 spiro atoms. The molecule has 22 heavy (non-hydrogen) atoms. The minimum atomic E-state index is -0.149. The Morgan fingerprint density at radius 1 is 1.14 bits per heavy atom. The number of anilines is 1. The number of thiazole rings is 2. The maximum Gasteiger partial charge on any atom is 0.269 e. The summed E-state index contributed by atoms with van der Waals surface area (Å²) in [5.74, 6) is -0.149. The zero-order valence-electron chi connectivity index (χ0n) is 12.5. The van der Waals surface area contributed by atoms with Gasteiger partial charge in [-0.25, -0.2) is 9.97 Å². The van der Waals surface area contributed by atoms with E-state index in [2.05, 4.69) is 46.5 Å². The highest BCUT2D eigenvalue weighted by molar-refractivity contribution is 7.16. The Labute approximate surface area is 136 Å². The highest BCUT2D eigenvalue weighted by Gasteiger charge is 2.15. The molecule has 0 unspecified atom stereocenters. The van der Waals surface area contributed by atoms with Crippen LogP contribution in [0.5, 0.6) is 0 Å². The number of benzene rings is 1. The van der Waals surface area contributed by atoms with Gasteiger partial charge < -0.3 is 0 Å². The fraction of sp³-hybridized carbons (Fsp3) is 0.188. The minimum Gasteiger partial charge on any atom is -0.297 e. The Morgan fingerprint density at radius 3 is 2.50 bits per heavy atom. The topological polar surface area (TPSA) is 54.9 Å². The van der Waals surface area contributed by atoms with Gasteiger partial charge in [-0.05, 0) is 20.8 Å². The fourth-order valence-corrected chi connectivity index (χ4v) is 3.63. The van der Waals surface area contributed by atoms with Gasteiger partial charge >= 0.3 is 0 Å². The van der Waals surface area contributed by atoms with Crippen molar-refractivity contribution in [1.82, 2.24) is 9.97 Å². The summed E-state index contributed by atoms with van der Waals surface area (Å²) in [6.45, 7) is 5.90. The molecule has 0 aliphatic carbocycles. The number of carbonyl (C=O) groups is 1. The van der Waals surface area contributed by atoms with Crippen molar-refractivity contribution in [3.8, 4) is 11.3 Å². The van der Waals surface area contributed by atoms with Crippen LogP contribution in [-0.4, -0.2) is 15.9 Å². The molecule has 4 nitrogen and oxygen atoms in total. The molecule has 0 radical (unpaired) electrons. The van der Waals surface area contributed by atoms with Gasteiger partial charge in [-0.1, -0.05) is 29.8 Å². The van der Waals surface area contributed by atoms with E-state index in [1.807, 2.05) is 13.8 Å². The van der Waals surface area contributed by atoms with Gasteiger partial charge in [0.15, 0.2) is 5.13 Å². The van der Waals surface area contributed by atoms with E-state index in [-0.39, 0.29) is 5.91 Å². The lowest BCUT2D eigenvalue weighted by Crippen LogP contribution is -2.11. The summed E-state index contributed by atoms with van der Waals surface area (Å²) in [7, 11) is 0. The average Bonchev–Trinajstić information content (AvgIpc) is 3.06. The summed E-state index contributed by atoms with van der Waals surface area (Å²) in [5.41, 5.74) is 5.62. The Balaban J connectivity index is 1.85. The Kier molecular flexibility index (Phi) is 4.04. The minimum absolute atomic E-state index is 0.149. The number of aromatic nitrogens is 2. The molecule has 0 aliphatic heterocycles. The zero-order chi connectivity index (χ0) is 15.7. The molecular formula is C16H15N3OS2. The van der Waals surface area contributed by atoms with E-state index in [0.29, 0.717) is 10.0 Å². The summed E-state index contributed by atoms with van der Waals surface area (Å²) < 4.78 is 0. The molecule has 0 bridgehead atoms. The van der Waals surface area contributed by atoms with Gasteiger partial charge in [0.1, 0.15) is 4.88 Å². The maximum absolute atomic E-state index is 12.2. The molecule has 1 aromatic carbocycles. The van der Waals surface area contributed by atoms with E-state index in [9.17, 15) is 4.79 Å². The van der Waals surface area contributed by atoms with Crippen LogP contribution in [0.15, 0.2) is 29.8 Å². The zero-order valence-corrected chi connectivity index (χ0v) is 14.1. The van der Waals surface area contributed by atoms with Gasteiger partial charge in [0.25, 0.3) is 5.91 Å². The second-order valence-electron chi connectivity index (χ2n) is 5.01. The highest BCUT2D eigenvalue weighted by atomic mass is 32.1. The van der Waals surface area contributed by atoms with E-state index < -0.39 is 0 Å². The van der Waals surface area contributed by atoms with Crippen LogP contribution in [0.25, 0.3) is 11.3 Å². The Hall–Kier alpha value is -2.05. The molecule has 0 aliphatic rings. The van der Waals surface area contributed by atoms with Gasteiger partial charge in [0.2, 0.25) is 0 Å². The second kappa shape index (κ2) is 5.98. The van der Waals surface area contributed by atoms with Crippen LogP contribution < -0.4 is 5.32 Å². The molecule has 3 aromatic rings. The van der Waals surface area contributed by atoms with Crippen LogP contribution in [-0.2, 0) is 0 Å². The van der Waals surface area contributed by atoms with Crippen molar-refractivity contribution in [2.24, 2.45) is 0 Å². The first-order valence-corrected chi connectivity index (χ1v) is 8.50. The van der Waals surface area contributed by atoms with Gasteiger partial charge in [-0.3, -0.25) is 10.1 Å².